The monoisotopic (exact) mass is 225 g/mol. The van der Waals surface area contributed by atoms with E-state index < -0.39 is 0 Å². The molecule has 3 nitrogen and oxygen atoms in total. The topological polar surface area (TPSA) is 28.0 Å². The van der Waals surface area contributed by atoms with Gasteiger partial charge in [-0.3, -0.25) is 0 Å². The van der Waals surface area contributed by atoms with Crippen LogP contribution in [0.5, 0.6) is 0 Å². The first kappa shape index (κ1) is 11.3. The summed E-state index contributed by atoms with van der Waals surface area (Å²) < 4.78 is 0. The van der Waals surface area contributed by atoms with E-state index in [4.69, 9.17) is 0 Å². The van der Waals surface area contributed by atoms with Gasteiger partial charge in [-0.1, -0.05) is 35.6 Å². The highest BCUT2D eigenvalue weighted by molar-refractivity contribution is 5.44. The Labute approximate surface area is 101 Å². The zero-order valence-electron chi connectivity index (χ0n) is 10.0. The summed E-state index contributed by atoms with van der Waals surface area (Å²) in [6.07, 6.45) is 0. The van der Waals surface area contributed by atoms with Crippen LogP contribution in [0.25, 0.3) is 0 Å². The van der Waals surface area contributed by atoms with Gasteiger partial charge in [0.05, 0.1) is 11.4 Å². The van der Waals surface area contributed by atoms with E-state index in [1.54, 1.807) is 5.01 Å². The summed E-state index contributed by atoms with van der Waals surface area (Å²) in [6.45, 7) is 2.04. The van der Waals surface area contributed by atoms with Gasteiger partial charge in [0, 0.05) is 7.05 Å². The molecule has 2 rings (SSSR count). The van der Waals surface area contributed by atoms with Crippen LogP contribution in [0.15, 0.2) is 64.9 Å². The summed E-state index contributed by atoms with van der Waals surface area (Å²) in [6, 6.07) is 17.9. The van der Waals surface area contributed by atoms with Gasteiger partial charge in [0.2, 0.25) is 0 Å². The van der Waals surface area contributed by atoms with Crippen molar-refractivity contribution in [2.45, 2.75) is 6.92 Å². The number of nitrogens with zero attached hydrogens (tertiary/aromatic N) is 3. The minimum absolute atomic E-state index is 0.868. The number of anilines is 1. The molecule has 0 amide bonds. The van der Waals surface area contributed by atoms with Crippen LogP contribution in [-0.4, -0.2) is 7.05 Å². The van der Waals surface area contributed by atoms with E-state index in [-0.39, 0.29) is 0 Å². The first-order chi connectivity index (χ1) is 8.25. The molecule has 0 aliphatic carbocycles. The van der Waals surface area contributed by atoms with Gasteiger partial charge in [-0.2, -0.15) is 0 Å². The third-order valence-corrected chi connectivity index (χ3v) is 2.43. The van der Waals surface area contributed by atoms with Crippen molar-refractivity contribution in [3.8, 4) is 0 Å². The van der Waals surface area contributed by atoms with Gasteiger partial charge in [-0.25, -0.2) is 5.01 Å². The molecular weight excluding hydrogens is 210 g/mol. The summed E-state index contributed by atoms with van der Waals surface area (Å²) in [4.78, 5) is 0. The molecule has 0 heterocycles. The SMILES string of the molecule is Cc1cccc(N=NN(C)c2ccccc2)c1. The predicted octanol–water partition coefficient (Wildman–Crippen LogP) is 4.13. The van der Waals surface area contributed by atoms with Gasteiger partial charge in [0.1, 0.15) is 0 Å². The van der Waals surface area contributed by atoms with Crippen molar-refractivity contribution in [1.29, 1.82) is 0 Å². The fourth-order valence-electron chi connectivity index (χ4n) is 1.50. The van der Waals surface area contributed by atoms with E-state index in [1.165, 1.54) is 5.56 Å². The Balaban J connectivity index is 2.11. The van der Waals surface area contributed by atoms with Crippen molar-refractivity contribution in [3.63, 3.8) is 0 Å². The lowest BCUT2D eigenvalue weighted by Crippen LogP contribution is -2.06. The van der Waals surface area contributed by atoms with Crippen molar-refractivity contribution < 1.29 is 0 Å². The maximum atomic E-state index is 4.19. The number of hydrogen-bond acceptors (Lipinski definition) is 2. The Morgan fingerprint density at radius 2 is 1.71 bits per heavy atom. The molecule has 2 aromatic carbocycles. The van der Waals surface area contributed by atoms with Crippen LogP contribution in [-0.2, 0) is 0 Å². The normalized spacial score (nSPS) is 10.7. The lowest BCUT2D eigenvalue weighted by Gasteiger charge is -2.10. The Hall–Kier alpha value is -2.16. The summed E-state index contributed by atoms with van der Waals surface area (Å²) in [5, 5.41) is 10.1. The lowest BCUT2D eigenvalue weighted by atomic mass is 10.2. The van der Waals surface area contributed by atoms with Crippen LogP contribution in [0, 0.1) is 6.92 Å². The molecule has 0 bridgehead atoms. The highest BCUT2D eigenvalue weighted by Crippen LogP contribution is 2.16. The molecule has 0 atom stereocenters. The molecule has 86 valence electrons. The van der Waals surface area contributed by atoms with E-state index in [1.807, 2.05) is 68.6 Å². The van der Waals surface area contributed by atoms with Crippen molar-refractivity contribution in [2.24, 2.45) is 10.3 Å². The van der Waals surface area contributed by atoms with Crippen LogP contribution in [0.2, 0.25) is 0 Å². The van der Waals surface area contributed by atoms with Gasteiger partial charge in [0.25, 0.3) is 0 Å². The van der Waals surface area contributed by atoms with E-state index >= 15 is 0 Å². The molecular formula is C14H15N3. The smallest absolute Gasteiger partial charge is 0.0876 e. The zero-order chi connectivity index (χ0) is 12.1. The van der Waals surface area contributed by atoms with Gasteiger partial charge >= 0.3 is 0 Å². The van der Waals surface area contributed by atoms with Crippen LogP contribution in [0.3, 0.4) is 0 Å². The van der Waals surface area contributed by atoms with Crippen LogP contribution >= 0.6 is 0 Å². The summed E-state index contributed by atoms with van der Waals surface area (Å²) in [5.41, 5.74) is 3.07. The molecule has 0 radical (unpaired) electrons. The summed E-state index contributed by atoms with van der Waals surface area (Å²) in [5.74, 6) is 0. The third-order valence-electron chi connectivity index (χ3n) is 2.43. The van der Waals surface area contributed by atoms with Crippen LogP contribution in [0.4, 0.5) is 11.4 Å². The second kappa shape index (κ2) is 5.25. The molecule has 3 heteroatoms. The Morgan fingerprint density at radius 3 is 2.41 bits per heavy atom. The Bertz CT molecular complexity index is 506. The quantitative estimate of drug-likeness (QED) is 0.570. The highest BCUT2D eigenvalue weighted by Gasteiger charge is 1.96. The first-order valence-electron chi connectivity index (χ1n) is 5.53. The second-order valence-electron chi connectivity index (χ2n) is 3.89. The van der Waals surface area contributed by atoms with Crippen molar-refractivity contribution in [3.05, 3.63) is 60.2 Å². The number of rotatable bonds is 3. The average molecular weight is 225 g/mol. The van der Waals surface area contributed by atoms with E-state index in [9.17, 15) is 0 Å². The number of aryl methyl sites for hydroxylation is 1. The van der Waals surface area contributed by atoms with Gasteiger partial charge in [-0.05, 0) is 36.8 Å². The number of para-hydroxylation sites is 1. The molecule has 0 aliphatic rings. The van der Waals surface area contributed by atoms with Crippen LogP contribution in [0.1, 0.15) is 5.56 Å². The molecule has 0 unspecified atom stereocenters. The fourth-order valence-corrected chi connectivity index (χ4v) is 1.50. The largest absolute Gasteiger partial charge is 0.250 e. The lowest BCUT2D eigenvalue weighted by molar-refractivity contribution is 0.923. The number of benzene rings is 2. The Kier molecular flexibility index (Phi) is 3.50. The van der Waals surface area contributed by atoms with E-state index in [2.05, 4.69) is 10.3 Å². The number of hydrogen-bond donors (Lipinski definition) is 0. The molecule has 0 spiro atoms. The van der Waals surface area contributed by atoms with Crippen molar-refractivity contribution in [2.75, 3.05) is 12.1 Å². The zero-order valence-corrected chi connectivity index (χ0v) is 10.0. The molecule has 0 saturated carbocycles. The van der Waals surface area contributed by atoms with E-state index in [0.29, 0.717) is 0 Å². The minimum Gasteiger partial charge on any atom is -0.250 e. The van der Waals surface area contributed by atoms with Crippen LogP contribution < -0.4 is 5.01 Å². The summed E-state index contributed by atoms with van der Waals surface area (Å²) in [7, 11) is 1.88. The molecule has 17 heavy (non-hydrogen) atoms. The summed E-state index contributed by atoms with van der Waals surface area (Å²) >= 11 is 0. The molecule has 0 aromatic heterocycles. The van der Waals surface area contributed by atoms with Gasteiger partial charge in [0.15, 0.2) is 0 Å². The predicted molar refractivity (Wildman–Crippen MR) is 70.5 cm³/mol. The first-order valence-corrected chi connectivity index (χ1v) is 5.53. The maximum Gasteiger partial charge on any atom is 0.0876 e. The fraction of sp³-hybridized carbons (Fsp3) is 0.143. The average Bonchev–Trinajstić information content (AvgIpc) is 2.37. The molecule has 0 N–H and O–H groups in total. The van der Waals surface area contributed by atoms with Gasteiger partial charge < -0.3 is 0 Å². The molecule has 2 aromatic rings. The maximum absolute atomic E-state index is 4.19. The third kappa shape index (κ3) is 3.14. The Morgan fingerprint density at radius 1 is 0.941 bits per heavy atom. The standard InChI is InChI=1S/C14H15N3/c1-12-7-6-8-13(11-12)15-16-17(2)14-9-4-3-5-10-14/h3-11H,1-2H3. The molecule has 0 saturated heterocycles. The van der Waals surface area contributed by atoms with Gasteiger partial charge in [-0.15, -0.1) is 5.11 Å². The highest BCUT2D eigenvalue weighted by atomic mass is 15.5. The van der Waals surface area contributed by atoms with E-state index in [0.717, 1.165) is 11.4 Å². The van der Waals surface area contributed by atoms with Crippen molar-refractivity contribution in [1.82, 2.24) is 0 Å². The minimum atomic E-state index is 0.868. The van der Waals surface area contributed by atoms with Crippen molar-refractivity contribution >= 4 is 11.4 Å². The molecule has 0 fully saturated rings. The molecule has 0 aliphatic heterocycles. The second-order valence-corrected chi connectivity index (χ2v) is 3.89.